The smallest absolute Gasteiger partial charge is 0.228 e. The number of hydrogen-bond donors (Lipinski definition) is 0. The Labute approximate surface area is 125 Å². The Bertz CT molecular complexity index is 834. The highest BCUT2D eigenvalue weighted by molar-refractivity contribution is 7.91. The molecule has 3 aromatic rings. The fourth-order valence-electron chi connectivity index (χ4n) is 1.84. The zero-order valence-electron chi connectivity index (χ0n) is 11.1. The number of nitrogens with zero attached hydrogens (tertiary/aromatic N) is 4. The Hall–Kier alpha value is -2.00. The minimum Gasteiger partial charge on any atom is -0.339 e. The van der Waals surface area contributed by atoms with Gasteiger partial charge in [0.05, 0.1) is 10.5 Å². The van der Waals surface area contributed by atoms with E-state index in [-0.39, 0.29) is 4.90 Å². The molecule has 0 fully saturated rings. The van der Waals surface area contributed by atoms with Gasteiger partial charge in [-0.05, 0) is 6.07 Å². The molecule has 0 aromatic carbocycles. The van der Waals surface area contributed by atoms with Crippen LogP contribution in [-0.2, 0) is 22.8 Å². The largest absolute Gasteiger partial charge is 0.339 e. The standard InChI is InChI=1S/C12H12N4O3S2/c1-21(17,18)10-8-20-7-9(10)12-14-11(19-15-12)3-6-16-5-2-4-13-16/h2,4-5,7-8H,3,6H2,1H3. The molecule has 0 bridgehead atoms. The summed E-state index contributed by atoms with van der Waals surface area (Å²) < 4.78 is 30.3. The van der Waals surface area contributed by atoms with Crippen LogP contribution in [0.2, 0.25) is 0 Å². The molecular weight excluding hydrogens is 312 g/mol. The molecule has 3 rings (SSSR count). The third-order valence-electron chi connectivity index (χ3n) is 2.85. The van der Waals surface area contributed by atoms with Crippen molar-refractivity contribution in [2.45, 2.75) is 17.9 Å². The lowest BCUT2D eigenvalue weighted by atomic mass is 10.3. The van der Waals surface area contributed by atoms with E-state index in [4.69, 9.17) is 4.52 Å². The van der Waals surface area contributed by atoms with Crippen molar-refractivity contribution in [3.63, 3.8) is 0 Å². The highest BCUT2D eigenvalue weighted by Crippen LogP contribution is 2.28. The van der Waals surface area contributed by atoms with Gasteiger partial charge in [-0.2, -0.15) is 21.4 Å². The van der Waals surface area contributed by atoms with E-state index < -0.39 is 9.84 Å². The van der Waals surface area contributed by atoms with E-state index >= 15 is 0 Å². The average molecular weight is 324 g/mol. The van der Waals surface area contributed by atoms with Gasteiger partial charge in [0.2, 0.25) is 11.7 Å². The van der Waals surface area contributed by atoms with E-state index in [1.807, 2.05) is 12.3 Å². The van der Waals surface area contributed by atoms with Crippen molar-refractivity contribution >= 4 is 21.2 Å². The Morgan fingerprint density at radius 1 is 1.38 bits per heavy atom. The molecule has 9 heteroatoms. The second-order valence-electron chi connectivity index (χ2n) is 4.45. The predicted octanol–water partition coefficient (Wildman–Crippen LogP) is 1.64. The van der Waals surface area contributed by atoms with Crippen molar-refractivity contribution in [1.29, 1.82) is 0 Å². The minimum atomic E-state index is -3.30. The number of hydrogen-bond acceptors (Lipinski definition) is 7. The lowest BCUT2D eigenvalue weighted by Gasteiger charge is -1.97. The van der Waals surface area contributed by atoms with Crippen molar-refractivity contribution < 1.29 is 12.9 Å². The van der Waals surface area contributed by atoms with Crippen LogP contribution in [0.5, 0.6) is 0 Å². The average Bonchev–Trinajstić information content (AvgIpc) is 3.16. The van der Waals surface area contributed by atoms with Crippen LogP contribution < -0.4 is 0 Å². The van der Waals surface area contributed by atoms with Gasteiger partial charge in [-0.3, -0.25) is 4.68 Å². The summed E-state index contributed by atoms with van der Waals surface area (Å²) >= 11 is 1.29. The Balaban J connectivity index is 1.81. The van der Waals surface area contributed by atoms with Crippen molar-refractivity contribution in [3.8, 4) is 11.4 Å². The van der Waals surface area contributed by atoms with Crippen molar-refractivity contribution in [2.75, 3.05) is 6.26 Å². The summed E-state index contributed by atoms with van der Waals surface area (Å²) in [5, 5.41) is 11.2. The molecule has 0 unspecified atom stereocenters. The van der Waals surface area contributed by atoms with E-state index in [1.165, 1.54) is 11.3 Å². The van der Waals surface area contributed by atoms with Crippen LogP contribution in [0.3, 0.4) is 0 Å². The molecule has 110 valence electrons. The summed E-state index contributed by atoms with van der Waals surface area (Å²) in [6, 6.07) is 1.84. The van der Waals surface area contributed by atoms with E-state index in [0.717, 1.165) is 6.26 Å². The second-order valence-corrected chi connectivity index (χ2v) is 7.18. The van der Waals surface area contributed by atoms with Crippen LogP contribution in [0, 0.1) is 0 Å². The summed E-state index contributed by atoms with van der Waals surface area (Å²) in [6.07, 6.45) is 5.24. The summed E-state index contributed by atoms with van der Waals surface area (Å²) in [4.78, 5) is 4.48. The number of aromatic nitrogens is 4. The summed E-state index contributed by atoms with van der Waals surface area (Å²) in [7, 11) is -3.30. The summed E-state index contributed by atoms with van der Waals surface area (Å²) in [5.74, 6) is 0.748. The van der Waals surface area contributed by atoms with Crippen LogP contribution in [0.15, 0.2) is 38.6 Å². The van der Waals surface area contributed by atoms with Gasteiger partial charge in [-0.25, -0.2) is 8.42 Å². The number of rotatable bonds is 5. The Kier molecular flexibility index (Phi) is 3.60. The lowest BCUT2D eigenvalue weighted by molar-refractivity contribution is 0.369. The summed E-state index contributed by atoms with van der Waals surface area (Å²) in [5.41, 5.74) is 0.483. The molecule has 0 amide bonds. The van der Waals surface area contributed by atoms with Crippen LogP contribution in [0.4, 0.5) is 0 Å². The third-order valence-corrected chi connectivity index (χ3v) is 4.88. The molecule has 3 heterocycles. The SMILES string of the molecule is CS(=O)(=O)c1cscc1-c1noc(CCn2cccn2)n1. The molecule has 0 spiro atoms. The minimum absolute atomic E-state index is 0.229. The van der Waals surface area contributed by atoms with Gasteiger partial charge >= 0.3 is 0 Å². The fraction of sp³-hybridized carbons (Fsp3) is 0.250. The molecule has 0 aliphatic rings. The van der Waals surface area contributed by atoms with Crippen LogP contribution in [0.1, 0.15) is 5.89 Å². The zero-order valence-corrected chi connectivity index (χ0v) is 12.8. The molecule has 0 atom stereocenters. The first-order chi connectivity index (χ1) is 10.0. The van der Waals surface area contributed by atoms with Gasteiger partial charge in [-0.15, -0.1) is 0 Å². The van der Waals surface area contributed by atoms with Crippen LogP contribution in [0.25, 0.3) is 11.4 Å². The maximum atomic E-state index is 11.7. The van der Waals surface area contributed by atoms with Gasteiger partial charge in [-0.1, -0.05) is 5.16 Å². The van der Waals surface area contributed by atoms with E-state index in [0.29, 0.717) is 30.2 Å². The number of thiophene rings is 1. The molecule has 0 saturated heterocycles. The van der Waals surface area contributed by atoms with E-state index in [1.54, 1.807) is 21.6 Å². The second kappa shape index (κ2) is 5.41. The number of aryl methyl sites for hydroxylation is 2. The molecular formula is C12H12N4O3S2. The molecule has 3 aromatic heterocycles. The number of sulfone groups is 1. The maximum absolute atomic E-state index is 11.7. The molecule has 0 N–H and O–H groups in total. The van der Waals surface area contributed by atoms with Crippen molar-refractivity contribution in [2.24, 2.45) is 0 Å². The quantitative estimate of drug-likeness (QED) is 0.708. The van der Waals surface area contributed by atoms with Crippen LogP contribution >= 0.6 is 11.3 Å². The first-order valence-electron chi connectivity index (χ1n) is 6.10. The Morgan fingerprint density at radius 3 is 2.95 bits per heavy atom. The first-order valence-corrected chi connectivity index (χ1v) is 8.94. The third kappa shape index (κ3) is 3.03. The van der Waals surface area contributed by atoms with Crippen molar-refractivity contribution in [1.82, 2.24) is 19.9 Å². The van der Waals surface area contributed by atoms with Gasteiger partial charge in [0.1, 0.15) is 0 Å². The van der Waals surface area contributed by atoms with E-state index in [2.05, 4.69) is 15.2 Å². The molecule has 0 aliphatic heterocycles. The highest BCUT2D eigenvalue weighted by atomic mass is 32.2. The van der Waals surface area contributed by atoms with Gasteiger partial charge < -0.3 is 4.52 Å². The lowest BCUT2D eigenvalue weighted by Crippen LogP contribution is -2.01. The topological polar surface area (TPSA) is 90.9 Å². The van der Waals surface area contributed by atoms with Gasteiger partial charge in [0.25, 0.3) is 0 Å². The maximum Gasteiger partial charge on any atom is 0.228 e. The molecule has 0 aliphatic carbocycles. The fourth-order valence-corrected chi connectivity index (χ4v) is 4.02. The van der Waals surface area contributed by atoms with Crippen molar-refractivity contribution in [3.05, 3.63) is 35.1 Å². The highest BCUT2D eigenvalue weighted by Gasteiger charge is 2.19. The summed E-state index contributed by atoms with van der Waals surface area (Å²) in [6.45, 7) is 0.622. The monoisotopic (exact) mass is 324 g/mol. The Morgan fingerprint density at radius 2 is 2.24 bits per heavy atom. The van der Waals surface area contributed by atoms with Gasteiger partial charge in [0, 0.05) is 42.4 Å². The normalized spacial score (nSPS) is 11.9. The van der Waals surface area contributed by atoms with E-state index in [9.17, 15) is 8.42 Å². The zero-order chi connectivity index (χ0) is 14.9. The predicted molar refractivity (Wildman–Crippen MR) is 76.7 cm³/mol. The first kappa shape index (κ1) is 14.0. The molecule has 7 nitrogen and oxygen atoms in total. The molecule has 0 saturated carbocycles. The molecule has 21 heavy (non-hydrogen) atoms. The van der Waals surface area contributed by atoms with Crippen LogP contribution in [-0.4, -0.2) is 34.6 Å². The molecule has 0 radical (unpaired) electrons. The van der Waals surface area contributed by atoms with Gasteiger partial charge in [0.15, 0.2) is 9.84 Å².